The fourth-order valence-electron chi connectivity index (χ4n) is 4.06. The molecule has 192 valence electrons. The molecular weight excluding hydrogens is 569 g/mol. The van der Waals surface area contributed by atoms with Crippen molar-refractivity contribution in [1.29, 1.82) is 0 Å². The number of amides is 1. The van der Waals surface area contributed by atoms with E-state index in [1.807, 2.05) is 0 Å². The van der Waals surface area contributed by atoms with Crippen molar-refractivity contribution in [2.24, 2.45) is 0 Å². The van der Waals surface area contributed by atoms with Gasteiger partial charge in [-0.1, -0.05) is 35.3 Å². The minimum Gasteiger partial charge on any atom is -0.507 e. The van der Waals surface area contributed by atoms with Gasteiger partial charge in [-0.05, 0) is 66.2 Å². The third kappa shape index (κ3) is 4.91. The quantitative estimate of drug-likeness (QED) is 0.166. The van der Waals surface area contributed by atoms with Gasteiger partial charge in [-0.2, -0.15) is 0 Å². The van der Waals surface area contributed by atoms with Gasteiger partial charge in [-0.25, -0.2) is 13.4 Å². The van der Waals surface area contributed by atoms with Gasteiger partial charge >= 0.3 is 0 Å². The molecule has 1 atom stereocenters. The van der Waals surface area contributed by atoms with Crippen LogP contribution in [-0.4, -0.2) is 30.2 Å². The van der Waals surface area contributed by atoms with Crippen LogP contribution in [0.1, 0.15) is 17.2 Å². The molecule has 0 unspecified atom stereocenters. The number of hydrogen-bond donors (Lipinski definition) is 2. The van der Waals surface area contributed by atoms with Gasteiger partial charge < -0.3 is 5.11 Å². The highest BCUT2D eigenvalue weighted by Crippen LogP contribution is 2.42. The van der Waals surface area contributed by atoms with E-state index in [1.165, 1.54) is 35.4 Å². The first-order valence-corrected chi connectivity index (χ1v) is 14.1. The van der Waals surface area contributed by atoms with E-state index < -0.39 is 27.8 Å². The molecule has 0 saturated carbocycles. The lowest BCUT2D eigenvalue weighted by Gasteiger charge is -2.25. The van der Waals surface area contributed by atoms with Crippen LogP contribution in [0.3, 0.4) is 0 Å². The van der Waals surface area contributed by atoms with Crippen molar-refractivity contribution in [3.8, 4) is 0 Å². The third-order valence-electron chi connectivity index (χ3n) is 5.83. The second-order valence-corrected chi connectivity index (χ2v) is 11.6. The van der Waals surface area contributed by atoms with Crippen LogP contribution < -0.4 is 9.62 Å². The number of halogens is 2. The molecule has 1 fully saturated rings. The summed E-state index contributed by atoms with van der Waals surface area (Å²) in [6.45, 7) is 0. The molecule has 4 aromatic rings. The summed E-state index contributed by atoms with van der Waals surface area (Å²) in [7, 11) is -3.93. The average Bonchev–Trinajstić information content (AvgIpc) is 3.50. The predicted octanol–water partition coefficient (Wildman–Crippen LogP) is 5.88. The van der Waals surface area contributed by atoms with Crippen LogP contribution in [0.15, 0.2) is 94.8 Å². The fourth-order valence-corrected chi connectivity index (χ4v) is 6.10. The number of benzene rings is 3. The summed E-state index contributed by atoms with van der Waals surface area (Å²) in [5.41, 5.74) is 0.962. The summed E-state index contributed by atoms with van der Waals surface area (Å²) >= 11 is 13.2. The van der Waals surface area contributed by atoms with E-state index in [9.17, 15) is 23.1 Å². The first-order chi connectivity index (χ1) is 18.2. The second kappa shape index (κ2) is 10.2. The van der Waals surface area contributed by atoms with Crippen molar-refractivity contribution in [2.45, 2.75) is 10.9 Å². The Balaban J connectivity index is 1.59. The standard InChI is InChI=1S/C26H17Cl2N3O5S2/c27-17-5-1-15(2-6-17)22-21(23(32)16-3-7-18(28)8-4-16)24(33)25(34)31(22)19-9-11-20(12-10-19)38(35,36)30-26-29-13-14-37-26/h1-14,22,32H,(H,29,30)/t22-/m1/s1. The van der Waals surface area contributed by atoms with Crippen LogP contribution in [0.2, 0.25) is 10.0 Å². The number of carbonyl (C=O) groups excluding carboxylic acids is 2. The van der Waals surface area contributed by atoms with Gasteiger partial charge in [0.1, 0.15) is 5.76 Å². The fraction of sp³-hybridized carbons (Fsp3) is 0.0385. The Bertz CT molecular complexity index is 1650. The highest BCUT2D eigenvalue weighted by molar-refractivity contribution is 7.93. The van der Waals surface area contributed by atoms with E-state index in [0.717, 1.165) is 11.3 Å². The normalized spacial score (nSPS) is 17.1. The maximum atomic E-state index is 13.3. The average molecular weight is 586 g/mol. The molecule has 1 aromatic heterocycles. The molecule has 0 bridgehead atoms. The summed E-state index contributed by atoms with van der Waals surface area (Å²) in [6, 6.07) is 17.2. The lowest BCUT2D eigenvalue weighted by molar-refractivity contribution is -0.132. The van der Waals surface area contributed by atoms with Gasteiger partial charge in [0.25, 0.3) is 21.7 Å². The predicted molar refractivity (Wildman–Crippen MR) is 147 cm³/mol. The van der Waals surface area contributed by atoms with Crippen molar-refractivity contribution in [2.75, 3.05) is 9.62 Å². The van der Waals surface area contributed by atoms with Gasteiger partial charge in [-0.3, -0.25) is 19.2 Å². The summed E-state index contributed by atoms with van der Waals surface area (Å²) in [5, 5.41) is 13.9. The van der Waals surface area contributed by atoms with Crippen molar-refractivity contribution in [1.82, 2.24) is 4.98 Å². The number of rotatable bonds is 6. The summed E-state index contributed by atoms with van der Waals surface area (Å²) in [5.74, 6) is -2.13. The summed E-state index contributed by atoms with van der Waals surface area (Å²) < 4.78 is 27.9. The Kier molecular flexibility index (Phi) is 6.97. The van der Waals surface area contributed by atoms with Crippen LogP contribution in [0.4, 0.5) is 10.8 Å². The molecule has 1 aliphatic rings. The van der Waals surface area contributed by atoms with Gasteiger partial charge in [-0.15, -0.1) is 11.3 Å². The maximum absolute atomic E-state index is 13.3. The molecule has 38 heavy (non-hydrogen) atoms. The molecule has 0 radical (unpaired) electrons. The lowest BCUT2D eigenvalue weighted by Crippen LogP contribution is -2.29. The number of anilines is 2. The molecule has 8 nitrogen and oxygen atoms in total. The number of carbonyl (C=O) groups is 2. The summed E-state index contributed by atoms with van der Waals surface area (Å²) in [4.78, 5) is 31.6. The van der Waals surface area contributed by atoms with Crippen molar-refractivity contribution < 1.29 is 23.1 Å². The van der Waals surface area contributed by atoms with Crippen LogP contribution in [0, 0.1) is 0 Å². The van der Waals surface area contributed by atoms with E-state index >= 15 is 0 Å². The van der Waals surface area contributed by atoms with E-state index in [1.54, 1.807) is 53.9 Å². The van der Waals surface area contributed by atoms with E-state index in [4.69, 9.17) is 23.2 Å². The number of nitrogens with zero attached hydrogens (tertiary/aromatic N) is 2. The van der Waals surface area contributed by atoms with E-state index in [-0.39, 0.29) is 27.0 Å². The molecule has 3 aromatic carbocycles. The van der Waals surface area contributed by atoms with Crippen LogP contribution in [0.25, 0.3) is 5.76 Å². The number of sulfonamides is 1. The smallest absolute Gasteiger partial charge is 0.300 e. The third-order valence-corrected chi connectivity index (χ3v) is 8.50. The zero-order valence-electron chi connectivity index (χ0n) is 19.2. The van der Waals surface area contributed by atoms with Gasteiger partial charge in [0.2, 0.25) is 0 Å². The number of Topliss-reactive ketones (excluding diaryl/α,β-unsaturated/α-hetero) is 1. The minimum atomic E-state index is -3.93. The Morgan fingerprint density at radius 3 is 2.11 bits per heavy atom. The molecule has 5 rings (SSSR count). The van der Waals surface area contributed by atoms with E-state index in [0.29, 0.717) is 21.2 Å². The number of aliphatic hydroxyl groups is 1. The first-order valence-electron chi connectivity index (χ1n) is 11.0. The second-order valence-electron chi connectivity index (χ2n) is 8.16. The van der Waals surface area contributed by atoms with Gasteiger partial charge in [0.05, 0.1) is 16.5 Å². The van der Waals surface area contributed by atoms with E-state index in [2.05, 4.69) is 9.71 Å². The Labute approximate surface area is 231 Å². The first kappa shape index (κ1) is 25.9. The highest BCUT2D eigenvalue weighted by Gasteiger charge is 2.47. The number of aliphatic hydroxyl groups excluding tert-OH is 1. The van der Waals surface area contributed by atoms with Crippen LogP contribution >= 0.6 is 34.5 Å². The molecule has 1 saturated heterocycles. The lowest BCUT2D eigenvalue weighted by atomic mass is 9.95. The van der Waals surface area contributed by atoms with Gasteiger partial charge in [0.15, 0.2) is 5.13 Å². The number of nitrogens with one attached hydrogen (secondary N) is 1. The monoisotopic (exact) mass is 585 g/mol. The molecular formula is C26H17Cl2N3O5S2. The zero-order valence-corrected chi connectivity index (χ0v) is 22.4. The zero-order chi connectivity index (χ0) is 27.0. The SMILES string of the molecule is O=C1C(=O)N(c2ccc(S(=O)(=O)Nc3nccs3)cc2)[C@H](c2ccc(Cl)cc2)C1=C(O)c1ccc(Cl)cc1. The Morgan fingerprint density at radius 1 is 0.921 bits per heavy atom. The maximum Gasteiger partial charge on any atom is 0.300 e. The van der Waals surface area contributed by atoms with Gasteiger partial charge in [0, 0.05) is 32.9 Å². The van der Waals surface area contributed by atoms with Crippen molar-refractivity contribution in [3.05, 3.63) is 111 Å². The molecule has 2 N–H and O–H groups in total. The molecule has 1 aliphatic heterocycles. The van der Waals surface area contributed by atoms with Crippen LogP contribution in [0.5, 0.6) is 0 Å². The largest absolute Gasteiger partial charge is 0.507 e. The number of thiazole rings is 1. The Hall–Kier alpha value is -3.70. The number of ketones is 1. The number of aromatic nitrogens is 1. The molecule has 12 heteroatoms. The molecule has 0 spiro atoms. The van der Waals surface area contributed by atoms with Crippen molar-refractivity contribution >= 4 is 72.8 Å². The number of hydrogen-bond acceptors (Lipinski definition) is 7. The molecule has 2 heterocycles. The minimum absolute atomic E-state index is 0.0581. The summed E-state index contributed by atoms with van der Waals surface area (Å²) in [6.07, 6.45) is 1.48. The topological polar surface area (TPSA) is 117 Å². The molecule has 0 aliphatic carbocycles. The van der Waals surface area contributed by atoms with Crippen molar-refractivity contribution in [3.63, 3.8) is 0 Å². The molecule has 1 amide bonds. The highest BCUT2D eigenvalue weighted by atomic mass is 35.5. The van der Waals surface area contributed by atoms with Crippen LogP contribution in [-0.2, 0) is 19.6 Å². The Morgan fingerprint density at radius 2 is 1.53 bits per heavy atom.